The van der Waals surface area contributed by atoms with Crippen LogP contribution in [0.5, 0.6) is 0 Å². The van der Waals surface area contributed by atoms with Gasteiger partial charge in [-0.05, 0) is 30.9 Å². The Kier molecular flexibility index (Phi) is 6.49. The number of carbonyl (C=O) groups excluding carboxylic acids is 1. The quantitative estimate of drug-likeness (QED) is 0.778. The minimum atomic E-state index is -0.122. The summed E-state index contributed by atoms with van der Waals surface area (Å²) in [6, 6.07) is 1.88. The summed E-state index contributed by atoms with van der Waals surface area (Å²) < 4.78 is 1.69. The van der Waals surface area contributed by atoms with Gasteiger partial charge in [-0.2, -0.15) is 0 Å². The third kappa shape index (κ3) is 4.83. The normalized spacial score (nSPS) is 10.8. The number of unbranched alkanes of at least 4 members (excludes halogenated alkanes) is 1. The number of aryl methyl sites for hydroxylation is 2. The predicted octanol–water partition coefficient (Wildman–Crippen LogP) is 3.33. The highest BCUT2D eigenvalue weighted by molar-refractivity contribution is 5.90. The van der Waals surface area contributed by atoms with Crippen LogP contribution in [-0.2, 0) is 11.3 Å². The third-order valence-corrected chi connectivity index (χ3v) is 3.39. The van der Waals surface area contributed by atoms with Crippen LogP contribution in [0.25, 0.3) is 0 Å². The molecular weight excluding hydrogens is 252 g/mol. The minimum absolute atomic E-state index is 0.101. The average Bonchev–Trinajstić information content (AvgIpc) is 2.41. The molecular formula is C16H26N2O2. The highest BCUT2D eigenvalue weighted by Crippen LogP contribution is 2.10. The lowest BCUT2D eigenvalue weighted by molar-refractivity contribution is -0.115. The van der Waals surface area contributed by atoms with Crippen molar-refractivity contribution in [2.75, 3.05) is 5.32 Å². The molecule has 0 atom stereocenters. The molecule has 4 heteroatoms. The maximum atomic E-state index is 12.3. The Morgan fingerprint density at radius 2 is 2.05 bits per heavy atom. The maximum Gasteiger partial charge on any atom is 0.274 e. The van der Waals surface area contributed by atoms with Crippen LogP contribution in [0, 0.1) is 12.8 Å². The van der Waals surface area contributed by atoms with Gasteiger partial charge in [-0.3, -0.25) is 9.59 Å². The first-order valence-electron chi connectivity index (χ1n) is 7.45. The molecule has 0 aliphatic heterocycles. The van der Waals surface area contributed by atoms with Gasteiger partial charge < -0.3 is 9.88 Å². The molecule has 112 valence electrons. The lowest BCUT2D eigenvalue weighted by Crippen LogP contribution is -2.26. The second-order valence-electron chi connectivity index (χ2n) is 5.66. The molecule has 0 saturated heterocycles. The fourth-order valence-electron chi connectivity index (χ4n) is 2.06. The molecule has 0 spiro atoms. The van der Waals surface area contributed by atoms with Crippen molar-refractivity contribution in [3.05, 3.63) is 28.2 Å². The van der Waals surface area contributed by atoms with Crippen LogP contribution < -0.4 is 10.9 Å². The topological polar surface area (TPSA) is 51.1 Å². The van der Waals surface area contributed by atoms with E-state index < -0.39 is 0 Å². The van der Waals surface area contributed by atoms with E-state index in [1.165, 1.54) is 6.42 Å². The van der Waals surface area contributed by atoms with Crippen LogP contribution in [-0.4, -0.2) is 10.5 Å². The molecule has 0 radical (unpaired) electrons. The van der Waals surface area contributed by atoms with Gasteiger partial charge in [-0.15, -0.1) is 0 Å². The molecule has 1 aromatic heterocycles. The van der Waals surface area contributed by atoms with E-state index in [0.717, 1.165) is 18.4 Å². The predicted molar refractivity (Wildman–Crippen MR) is 83.0 cm³/mol. The van der Waals surface area contributed by atoms with Crippen molar-refractivity contribution in [1.29, 1.82) is 0 Å². The summed E-state index contributed by atoms with van der Waals surface area (Å²) in [6.07, 6.45) is 5.48. The number of hydrogen-bond donors (Lipinski definition) is 1. The lowest BCUT2D eigenvalue weighted by Gasteiger charge is -2.12. The van der Waals surface area contributed by atoms with Gasteiger partial charge in [0.05, 0.1) is 0 Å². The summed E-state index contributed by atoms with van der Waals surface area (Å²) in [5.41, 5.74) is 1.13. The van der Waals surface area contributed by atoms with Crippen LogP contribution in [0.1, 0.15) is 52.0 Å². The summed E-state index contributed by atoms with van der Waals surface area (Å²) in [6.45, 7) is 8.74. The Hall–Kier alpha value is -1.58. The smallest absolute Gasteiger partial charge is 0.274 e. The zero-order valence-corrected chi connectivity index (χ0v) is 13.0. The van der Waals surface area contributed by atoms with Gasteiger partial charge in [-0.25, -0.2) is 0 Å². The van der Waals surface area contributed by atoms with Crippen molar-refractivity contribution >= 4 is 11.6 Å². The number of aromatic nitrogens is 1. The molecule has 0 saturated carbocycles. The molecule has 1 rings (SSSR count). The van der Waals surface area contributed by atoms with E-state index in [4.69, 9.17) is 0 Å². The van der Waals surface area contributed by atoms with E-state index >= 15 is 0 Å². The first-order valence-corrected chi connectivity index (χ1v) is 7.45. The Bertz CT molecular complexity index is 504. The minimum Gasteiger partial charge on any atom is -0.321 e. The number of nitrogens with zero attached hydrogens (tertiary/aromatic N) is 1. The standard InChI is InChI=1S/C16H26N2O2/c1-5-14(19)17-15-13(4)9-11-18(16(15)20)10-7-6-8-12(2)3/h9,11-12H,5-8,10H2,1-4H3,(H,17,19). The zero-order valence-electron chi connectivity index (χ0n) is 13.0. The maximum absolute atomic E-state index is 12.3. The van der Waals surface area contributed by atoms with E-state index in [9.17, 15) is 9.59 Å². The summed E-state index contributed by atoms with van der Waals surface area (Å²) in [5, 5.41) is 2.70. The second-order valence-corrected chi connectivity index (χ2v) is 5.66. The molecule has 1 heterocycles. The van der Waals surface area contributed by atoms with Gasteiger partial charge in [0.1, 0.15) is 5.69 Å². The van der Waals surface area contributed by atoms with E-state index in [1.54, 1.807) is 11.5 Å². The molecule has 0 unspecified atom stereocenters. The number of anilines is 1. The van der Waals surface area contributed by atoms with Crippen LogP contribution in [0.2, 0.25) is 0 Å². The van der Waals surface area contributed by atoms with Crippen molar-refractivity contribution in [2.24, 2.45) is 5.92 Å². The Labute approximate surface area is 121 Å². The van der Waals surface area contributed by atoms with Gasteiger partial charge in [0.15, 0.2) is 0 Å². The van der Waals surface area contributed by atoms with Crippen molar-refractivity contribution < 1.29 is 4.79 Å². The largest absolute Gasteiger partial charge is 0.321 e. The van der Waals surface area contributed by atoms with Gasteiger partial charge in [0, 0.05) is 19.2 Å². The molecule has 1 amide bonds. The average molecular weight is 278 g/mol. The molecule has 20 heavy (non-hydrogen) atoms. The highest BCUT2D eigenvalue weighted by atomic mass is 16.2. The summed E-state index contributed by atoms with van der Waals surface area (Å²) in [4.78, 5) is 23.8. The van der Waals surface area contributed by atoms with Crippen LogP contribution >= 0.6 is 0 Å². The molecule has 1 aromatic rings. The third-order valence-electron chi connectivity index (χ3n) is 3.39. The highest BCUT2D eigenvalue weighted by Gasteiger charge is 2.09. The Morgan fingerprint density at radius 3 is 2.65 bits per heavy atom. The van der Waals surface area contributed by atoms with Crippen molar-refractivity contribution in [1.82, 2.24) is 4.57 Å². The van der Waals surface area contributed by atoms with Crippen molar-refractivity contribution in [2.45, 2.75) is 59.9 Å². The van der Waals surface area contributed by atoms with Gasteiger partial charge in [0.2, 0.25) is 5.91 Å². The first kappa shape index (κ1) is 16.5. The molecule has 1 N–H and O–H groups in total. The number of carbonyl (C=O) groups is 1. The number of rotatable bonds is 7. The summed E-state index contributed by atoms with van der Waals surface area (Å²) >= 11 is 0. The van der Waals surface area contributed by atoms with Gasteiger partial charge >= 0.3 is 0 Å². The van der Waals surface area contributed by atoms with Crippen LogP contribution in [0.15, 0.2) is 17.1 Å². The van der Waals surface area contributed by atoms with E-state index in [0.29, 0.717) is 24.6 Å². The number of nitrogens with one attached hydrogen (secondary N) is 1. The molecule has 0 aliphatic carbocycles. The lowest BCUT2D eigenvalue weighted by atomic mass is 10.1. The summed E-state index contributed by atoms with van der Waals surface area (Å²) in [5.74, 6) is 0.576. The number of amides is 1. The molecule has 4 nitrogen and oxygen atoms in total. The molecule has 0 bridgehead atoms. The van der Waals surface area contributed by atoms with Gasteiger partial charge in [-0.1, -0.05) is 33.6 Å². The van der Waals surface area contributed by atoms with E-state index in [-0.39, 0.29) is 11.5 Å². The first-order chi connectivity index (χ1) is 9.45. The molecule has 0 fully saturated rings. The van der Waals surface area contributed by atoms with Crippen molar-refractivity contribution in [3.63, 3.8) is 0 Å². The number of pyridine rings is 1. The monoisotopic (exact) mass is 278 g/mol. The van der Waals surface area contributed by atoms with Gasteiger partial charge in [0.25, 0.3) is 5.56 Å². The molecule has 0 aromatic carbocycles. The van der Waals surface area contributed by atoms with E-state index in [2.05, 4.69) is 19.2 Å². The van der Waals surface area contributed by atoms with Crippen molar-refractivity contribution in [3.8, 4) is 0 Å². The Balaban J connectivity index is 2.76. The summed E-state index contributed by atoms with van der Waals surface area (Å²) in [7, 11) is 0. The number of hydrogen-bond acceptors (Lipinski definition) is 2. The molecule has 0 aliphatic rings. The fourth-order valence-corrected chi connectivity index (χ4v) is 2.06. The fraction of sp³-hybridized carbons (Fsp3) is 0.625. The van der Waals surface area contributed by atoms with Crippen LogP contribution in [0.3, 0.4) is 0 Å². The van der Waals surface area contributed by atoms with Crippen LogP contribution in [0.4, 0.5) is 5.69 Å². The zero-order chi connectivity index (χ0) is 15.1. The Morgan fingerprint density at radius 1 is 1.35 bits per heavy atom. The van der Waals surface area contributed by atoms with E-state index in [1.807, 2.05) is 19.2 Å². The SMILES string of the molecule is CCC(=O)Nc1c(C)ccn(CCCCC(C)C)c1=O. The second kappa shape index (κ2) is 7.88.